The van der Waals surface area contributed by atoms with Crippen molar-refractivity contribution in [3.63, 3.8) is 0 Å². The summed E-state index contributed by atoms with van der Waals surface area (Å²) < 4.78 is 25.5. The molecule has 0 aliphatic carbocycles. The van der Waals surface area contributed by atoms with E-state index in [1.165, 1.54) is 26.2 Å². The number of aromatic nitrogens is 3. The number of ketones is 1. The summed E-state index contributed by atoms with van der Waals surface area (Å²) in [6, 6.07) is 6.17. The topological polar surface area (TPSA) is 83.3 Å². The fourth-order valence-electron chi connectivity index (χ4n) is 3.51. The van der Waals surface area contributed by atoms with Crippen molar-refractivity contribution in [2.45, 2.75) is 45.4 Å². The molecule has 1 aliphatic rings. The van der Waals surface area contributed by atoms with Crippen molar-refractivity contribution in [3.8, 4) is 0 Å². The van der Waals surface area contributed by atoms with E-state index >= 15 is 0 Å². The lowest BCUT2D eigenvalue weighted by atomic mass is 9.72. The average molecular weight is 401 g/mol. The highest BCUT2D eigenvalue weighted by Gasteiger charge is 2.54. The SMILES string of the molecule is C=C1C(=O)[C@](C)(C(=O)OC)[C@@H](CCc2cn(Cc3ccc(F)cc3)nn2)O[C@H]1C. The summed E-state index contributed by atoms with van der Waals surface area (Å²) in [5, 5.41) is 8.23. The van der Waals surface area contributed by atoms with Crippen LogP contribution in [0.1, 0.15) is 31.5 Å². The number of methoxy groups -OCH3 is 1. The number of halogens is 1. The van der Waals surface area contributed by atoms with E-state index in [2.05, 4.69) is 16.9 Å². The summed E-state index contributed by atoms with van der Waals surface area (Å²) in [6.45, 7) is 7.49. The molecule has 1 saturated heterocycles. The molecule has 1 aromatic carbocycles. The first-order valence-electron chi connectivity index (χ1n) is 9.36. The Morgan fingerprint density at radius 3 is 2.72 bits per heavy atom. The second kappa shape index (κ2) is 8.24. The van der Waals surface area contributed by atoms with Gasteiger partial charge in [0.2, 0.25) is 0 Å². The van der Waals surface area contributed by atoms with Crippen molar-refractivity contribution in [1.29, 1.82) is 0 Å². The Balaban J connectivity index is 1.70. The van der Waals surface area contributed by atoms with Crippen LogP contribution in [0.2, 0.25) is 0 Å². The molecule has 2 aromatic rings. The molecule has 1 fully saturated rings. The molecule has 0 amide bonds. The number of rotatable bonds is 6. The highest BCUT2D eigenvalue weighted by Crippen LogP contribution is 2.39. The summed E-state index contributed by atoms with van der Waals surface area (Å²) in [6.07, 6.45) is 1.51. The zero-order valence-corrected chi connectivity index (χ0v) is 16.7. The van der Waals surface area contributed by atoms with Crippen LogP contribution in [0.4, 0.5) is 4.39 Å². The van der Waals surface area contributed by atoms with Crippen LogP contribution in [-0.2, 0) is 32.0 Å². The Labute approximate surface area is 168 Å². The van der Waals surface area contributed by atoms with Crippen molar-refractivity contribution in [2.24, 2.45) is 5.41 Å². The minimum atomic E-state index is -1.44. The summed E-state index contributed by atoms with van der Waals surface area (Å²) in [4.78, 5) is 25.2. The maximum Gasteiger partial charge on any atom is 0.322 e. The van der Waals surface area contributed by atoms with Crippen LogP contribution in [0.3, 0.4) is 0 Å². The molecule has 1 aromatic heterocycles. The standard InChI is InChI=1S/C21H24FN3O4/c1-13-14(2)29-18(21(3,19(13)26)20(27)28-4)10-9-17-12-25(24-23-17)11-15-5-7-16(22)8-6-15/h5-8,12,14,18H,1,9-11H2,2-4H3/t14-,18+,21+/m0/s1. The number of carbonyl (C=O) groups excluding carboxylic acids is 2. The summed E-state index contributed by atoms with van der Waals surface area (Å²) >= 11 is 0. The third kappa shape index (κ3) is 4.12. The monoisotopic (exact) mass is 401 g/mol. The third-order valence-corrected chi connectivity index (χ3v) is 5.38. The predicted molar refractivity (Wildman–Crippen MR) is 102 cm³/mol. The fraction of sp³-hybridized carbons (Fsp3) is 0.429. The lowest BCUT2D eigenvalue weighted by Crippen LogP contribution is -2.55. The van der Waals surface area contributed by atoms with Gasteiger partial charge < -0.3 is 9.47 Å². The predicted octanol–water partition coefficient (Wildman–Crippen LogP) is 2.49. The molecule has 1 aliphatic heterocycles. The first kappa shape index (κ1) is 20.9. The van der Waals surface area contributed by atoms with Gasteiger partial charge in [0.05, 0.1) is 31.6 Å². The minimum Gasteiger partial charge on any atom is -0.468 e. The number of benzene rings is 1. The van der Waals surface area contributed by atoms with E-state index in [-0.39, 0.29) is 17.2 Å². The van der Waals surface area contributed by atoms with E-state index in [1.807, 2.05) is 0 Å². The van der Waals surface area contributed by atoms with Crippen LogP contribution in [0.25, 0.3) is 0 Å². The van der Waals surface area contributed by atoms with Crippen molar-refractivity contribution >= 4 is 11.8 Å². The molecule has 3 atom stereocenters. The molecule has 0 radical (unpaired) electrons. The summed E-state index contributed by atoms with van der Waals surface area (Å²) in [7, 11) is 1.25. The molecule has 3 rings (SSSR count). The molecule has 29 heavy (non-hydrogen) atoms. The van der Waals surface area contributed by atoms with Gasteiger partial charge in [-0.05, 0) is 44.4 Å². The first-order valence-corrected chi connectivity index (χ1v) is 9.36. The Kier molecular flexibility index (Phi) is 5.93. The Hall–Kier alpha value is -2.87. The fourth-order valence-corrected chi connectivity index (χ4v) is 3.51. The molecule has 0 bridgehead atoms. The molecule has 2 heterocycles. The third-order valence-electron chi connectivity index (χ3n) is 5.38. The largest absolute Gasteiger partial charge is 0.468 e. The first-order chi connectivity index (χ1) is 13.8. The number of hydrogen-bond acceptors (Lipinski definition) is 6. The van der Waals surface area contributed by atoms with Crippen LogP contribution in [0.5, 0.6) is 0 Å². The Morgan fingerprint density at radius 1 is 1.38 bits per heavy atom. The number of nitrogens with zero attached hydrogens (tertiary/aromatic N) is 3. The maximum absolute atomic E-state index is 13.0. The van der Waals surface area contributed by atoms with Crippen molar-refractivity contribution in [3.05, 3.63) is 59.7 Å². The van der Waals surface area contributed by atoms with Gasteiger partial charge in [-0.1, -0.05) is 23.9 Å². The van der Waals surface area contributed by atoms with Crippen molar-refractivity contribution in [1.82, 2.24) is 15.0 Å². The quantitative estimate of drug-likeness (QED) is 0.420. The van der Waals surface area contributed by atoms with Crippen LogP contribution >= 0.6 is 0 Å². The number of aryl methyl sites for hydroxylation is 1. The second-order valence-corrected chi connectivity index (χ2v) is 7.39. The van der Waals surface area contributed by atoms with Crippen LogP contribution in [0, 0.1) is 11.2 Å². The number of Topliss-reactive ketones (excluding diaryl/α,β-unsaturated/α-hetero) is 1. The number of esters is 1. The zero-order valence-electron chi connectivity index (χ0n) is 16.7. The van der Waals surface area contributed by atoms with Gasteiger partial charge in [0.15, 0.2) is 11.2 Å². The normalized spacial score (nSPS) is 24.6. The number of carbonyl (C=O) groups is 2. The molecular weight excluding hydrogens is 377 g/mol. The molecule has 154 valence electrons. The van der Waals surface area contributed by atoms with Gasteiger partial charge in [0.1, 0.15) is 5.82 Å². The minimum absolute atomic E-state index is 0.263. The lowest BCUT2D eigenvalue weighted by Gasteiger charge is -2.41. The van der Waals surface area contributed by atoms with Gasteiger partial charge in [0, 0.05) is 11.8 Å². The summed E-state index contributed by atoms with van der Waals surface area (Å²) in [5.74, 6) is -1.28. The van der Waals surface area contributed by atoms with Crippen molar-refractivity contribution in [2.75, 3.05) is 7.11 Å². The van der Waals surface area contributed by atoms with E-state index in [0.29, 0.717) is 25.1 Å². The van der Waals surface area contributed by atoms with Gasteiger partial charge >= 0.3 is 5.97 Å². The van der Waals surface area contributed by atoms with Crippen LogP contribution in [-0.4, -0.2) is 46.1 Å². The van der Waals surface area contributed by atoms with Gasteiger partial charge in [-0.2, -0.15) is 0 Å². The van der Waals surface area contributed by atoms with Gasteiger partial charge in [-0.3, -0.25) is 9.59 Å². The lowest BCUT2D eigenvalue weighted by molar-refractivity contribution is -0.175. The van der Waals surface area contributed by atoms with E-state index in [1.54, 1.807) is 29.9 Å². The molecule has 8 heteroatoms. The number of ether oxygens (including phenoxy) is 2. The van der Waals surface area contributed by atoms with Gasteiger partial charge in [-0.15, -0.1) is 5.10 Å². The average Bonchev–Trinajstić information content (AvgIpc) is 3.16. The van der Waals surface area contributed by atoms with E-state index < -0.39 is 23.6 Å². The van der Waals surface area contributed by atoms with Gasteiger partial charge in [-0.25, -0.2) is 9.07 Å². The van der Waals surface area contributed by atoms with E-state index in [4.69, 9.17) is 9.47 Å². The maximum atomic E-state index is 13.0. The number of hydrogen-bond donors (Lipinski definition) is 0. The Morgan fingerprint density at radius 2 is 2.07 bits per heavy atom. The molecular formula is C21H24FN3O4. The molecule has 7 nitrogen and oxygen atoms in total. The van der Waals surface area contributed by atoms with Crippen LogP contribution in [0.15, 0.2) is 42.6 Å². The molecule has 0 N–H and O–H groups in total. The second-order valence-electron chi connectivity index (χ2n) is 7.39. The molecule has 0 unspecified atom stereocenters. The van der Waals surface area contributed by atoms with E-state index in [0.717, 1.165) is 5.56 Å². The highest BCUT2D eigenvalue weighted by atomic mass is 19.1. The van der Waals surface area contributed by atoms with Crippen molar-refractivity contribution < 1.29 is 23.5 Å². The smallest absolute Gasteiger partial charge is 0.322 e. The Bertz CT molecular complexity index is 924. The van der Waals surface area contributed by atoms with Crippen LogP contribution < -0.4 is 0 Å². The zero-order chi connectivity index (χ0) is 21.2. The highest BCUT2D eigenvalue weighted by molar-refractivity contribution is 6.13. The molecule has 0 saturated carbocycles. The summed E-state index contributed by atoms with van der Waals surface area (Å²) in [5.41, 5.74) is 0.420. The van der Waals surface area contributed by atoms with Gasteiger partial charge in [0.25, 0.3) is 0 Å². The molecule has 0 spiro atoms. The van der Waals surface area contributed by atoms with E-state index in [9.17, 15) is 14.0 Å².